The fraction of sp³-hybridized carbons (Fsp3) is 0.233. The molecule has 3 heterocycles. The minimum atomic E-state index is -0.582. The number of fused-ring (bicyclic) bond motifs is 3. The molecule has 0 unspecified atom stereocenters. The molecule has 0 radical (unpaired) electrons. The van der Waals surface area contributed by atoms with Crippen LogP contribution in [0, 0.1) is 17.1 Å². The van der Waals surface area contributed by atoms with Crippen molar-refractivity contribution in [3.8, 4) is 28.3 Å². The van der Waals surface area contributed by atoms with Crippen molar-refractivity contribution in [2.24, 2.45) is 5.73 Å². The van der Waals surface area contributed by atoms with Crippen LogP contribution in [0.3, 0.4) is 0 Å². The molecule has 6 heteroatoms. The van der Waals surface area contributed by atoms with Crippen LogP contribution >= 0.6 is 0 Å². The average Bonchev–Trinajstić information content (AvgIpc) is 3.18. The normalized spacial score (nSPS) is 20.9. The smallest absolute Gasteiger partial charge is 0.254 e. The Labute approximate surface area is 209 Å². The van der Waals surface area contributed by atoms with E-state index in [9.17, 15) is 14.4 Å². The third-order valence-electron chi connectivity index (χ3n) is 7.59. The summed E-state index contributed by atoms with van der Waals surface area (Å²) < 4.78 is 14.7. The summed E-state index contributed by atoms with van der Waals surface area (Å²) in [5.74, 6) is -0.586. The van der Waals surface area contributed by atoms with Crippen molar-refractivity contribution < 1.29 is 9.18 Å². The molecule has 2 saturated heterocycles. The zero-order chi connectivity index (χ0) is 24.8. The Kier molecular flexibility index (Phi) is 5.50. The van der Waals surface area contributed by atoms with Crippen LogP contribution in [0.1, 0.15) is 41.6 Å². The second-order valence-electron chi connectivity index (χ2n) is 9.81. The first-order valence-corrected chi connectivity index (χ1v) is 12.3. The molecule has 1 amide bonds. The maximum atomic E-state index is 14.7. The molecule has 0 aliphatic carbocycles. The van der Waals surface area contributed by atoms with Crippen LogP contribution in [0.4, 0.5) is 4.39 Å². The summed E-state index contributed by atoms with van der Waals surface area (Å²) in [5.41, 5.74) is 10.8. The molecule has 0 saturated carbocycles. The van der Waals surface area contributed by atoms with Gasteiger partial charge in [0.25, 0.3) is 5.91 Å². The van der Waals surface area contributed by atoms with E-state index in [-0.39, 0.29) is 29.6 Å². The third-order valence-corrected chi connectivity index (χ3v) is 7.59. The van der Waals surface area contributed by atoms with Crippen molar-refractivity contribution in [3.63, 3.8) is 0 Å². The number of carbonyl (C=O) groups is 1. The number of hydrogen-bond donors (Lipinski definition) is 1. The second kappa shape index (κ2) is 8.85. The Hall–Kier alpha value is -4.08. The van der Waals surface area contributed by atoms with Gasteiger partial charge in [-0.2, -0.15) is 5.26 Å². The Morgan fingerprint density at radius 1 is 0.972 bits per heavy atom. The van der Waals surface area contributed by atoms with Gasteiger partial charge in [0.2, 0.25) is 0 Å². The van der Waals surface area contributed by atoms with Crippen LogP contribution in [0.2, 0.25) is 0 Å². The number of rotatable bonds is 3. The van der Waals surface area contributed by atoms with Gasteiger partial charge in [0.05, 0.1) is 11.1 Å². The zero-order valence-corrected chi connectivity index (χ0v) is 19.7. The third kappa shape index (κ3) is 3.82. The maximum Gasteiger partial charge on any atom is 0.254 e. The molecule has 178 valence electrons. The largest absolute Gasteiger partial charge is 0.333 e. The highest BCUT2D eigenvalue weighted by Gasteiger charge is 2.42. The van der Waals surface area contributed by atoms with Crippen LogP contribution in [0.5, 0.6) is 0 Å². The monoisotopic (exact) mass is 476 g/mol. The van der Waals surface area contributed by atoms with Gasteiger partial charge in [-0.3, -0.25) is 9.78 Å². The minimum Gasteiger partial charge on any atom is -0.333 e. The van der Waals surface area contributed by atoms with E-state index in [2.05, 4.69) is 4.98 Å². The van der Waals surface area contributed by atoms with Gasteiger partial charge in [-0.05, 0) is 84.3 Å². The van der Waals surface area contributed by atoms with Crippen molar-refractivity contribution in [3.05, 3.63) is 89.9 Å². The number of hydrogen-bond acceptors (Lipinski definition) is 4. The van der Waals surface area contributed by atoms with E-state index >= 15 is 0 Å². The summed E-state index contributed by atoms with van der Waals surface area (Å²) in [4.78, 5) is 20.2. The van der Waals surface area contributed by atoms with E-state index in [1.54, 1.807) is 12.3 Å². The molecule has 2 aliphatic heterocycles. The highest BCUT2D eigenvalue weighted by Crippen LogP contribution is 2.39. The van der Waals surface area contributed by atoms with Gasteiger partial charge in [0, 0.05) is 35.3 Å². The van der Waals surface area contributed by atoms with Crippen molar-refractivity contribution in [1.29, 1.82) is 5.26 Å². The number of carbonyl (C=O) groups excluding carboxylic acids is 1. The summed E-state index contributed by atoms with van der Waals surface area (Å²) >= 11 is 0. The molecule has 2 aliphatic rings. The lowest BCUT2D eigenvalue weighted by molar-refractivity contribution is 0.0575. The van der Waals surface area contributed by atoms with Crippen LogP contribution < -0.4 is 5.73 Å². The summed E-state index contributed by atoms with van der Waals surface area (Å²) in [6, 6.07) is 22.5. The first kappa shape index (κ1) is 22.4. The molecule has 2 fully saturated rings. The van der Waals surface area contributed by atoms with Gasteiger partial charge in [0.1, 0.15) is 11.9 Å². The first-order chi connectivity index (χ1) is 17.5. The van der Waals surface area contributed by atoms with Crippen LogP contribution in [-0.2, 0) is 0 Å². The fourth-order valence-electron chi connectivity index (χ4n) is 5.87. The Balaban J connectivity index is 1.47. The fourth-order valence-corrected chi connectivity index (χ4v) is 5.87. The Bertz CT molecular complexity index is 1530. The number of benzene rings is 3. The van der Waals surface area contributed by atoms with E-state index < -0.39 is 5.82 Å². The molecular weight excluding hydrogens is 451 g/mol. The lowest BCUT2D eigenvalue weighted by Crippen LogP contribution is -2.50. The molecule has 4 aromatic rings. The van der Waals surface area contributed by atoms with Gasteiger partial charge >= 0.3 is 0 Å². The van der Waals surface area contributed by atoms with Crippen LogP contribution in [-0.4, -0.2) is 33.9 Å². The molecule has 1 aromatic heterocycles. The number of halogens is 1. The zero-order valence-electron chi connectivity index (χ0n) is 19.7. The predicted octanol–water partition coefficient (Wildman–Crippen LogP) is 5.67. The van der Waals surface area contributed by atoms with Gasteiger partial charge < -0.3 is 10.6 Å². The molecule has 6 rings (SSSR count). The van der Waals surface area contributed by atoms with Crippen molar-refractivity contribution >= 4 is 16.8 Å². The van der Waals surface area contributed by atoms with Gasteiger partial charge in [-0.25, -0.2) is 4.39 Å². The van der Waals surface area contributed by atoms with E-state index in [1.165, 1.54) is 12.1 Å². The van der Waals surface area contributed by atoms with E-state index in [1.807, 2.05) is 59.5 Å². The first-order valence-electron chi connectivity index (χ1n) is 12.3. The Morgan fingerprint density at radius 2 is 1.72 bits per heavy atom. The number of pyridine rings is 1. The predicted molar refractivity (Wildman–Crippen MR) is 137 cm³/mol. The molecule has 0 spiro atoms. The Morgan fingerprint density at radius 3 is 2.47 bits per heavy atom. The molecular formula is C30H25FN4O. The number of nitrogens with two attached hydrogens (primary N) is 1. The summed E-state index contributed by atoms with van der Waals surface area (Å²) in [6.45, 7) is 0. The van der Waals surface area contributed by atoms with Crippen molar-refractivity contribution in [1.82, 2.24) is 9.88 Å². The highest BCUT2D eigenvalue weighted by atomic mass is 19.1. The molecule has 36 heavy (non-hydrogen) atoms. The van der Waals surface area contributed by atoms with Gasteiger partial charge in [-0.1, -0.05) is 30.3 Å². The minimum absolute atomic E-state index is 0.00325. The van der Waals surface area contributed by atoms with E-state index in [0.717, 1.165) is 53.3 Å². The van der Waals surface area contributed by atoms with Gasteiger partial charge in [0.15, 0.2) is 0 Å². The molecule has 3 aromatic carbocycles. The lowest BCUT2D eigenvalue weighted by Gasteiger charge is -2.38. The standard InChI is InChI=1S/C30H25FN4O/c31-28-13-19(5-6-22(28)17-32)27-12-21(30(36)35-24-8-9-25(35)16-23(33)15-24)7-10-26(27)20-4-3-18-2-1-11-34-29(18)14-20/h1-7,10-14,23-25H,8-9,15-16,33H2/t23-,24-,25+. The molecule has 5 nitrogen and oxygen atoms in total. The highest BCUT2D eigenvalue weighted by molar-refractivity contribution is 5.99. The molecule has 2 bridgehead atoms. The average molecular weight is 477 g/mol. The second-order valence-corrected chi connectivity index (χ2v) is 9.81. The van der Waals surface area contributed by atoms with E-state index in [0.29, 0.717) is 11.1 Å². The van der Waals surface area contributed by atoms with Crippen molar-refractivity contribution in [2.45, 2.75) is 43.8 Å². The van der Waals surface area contributed by atoms with Crippen molar-refractivity contribution in [2.75, 3.05) is 0 Å². The SMILES string of the molecule is N#Cc1ccc(-c2cc(C(=O)N3[C@@H]4CC[C@H]3C[C@H](N)C4)ccc2-c2ccc3cccnc3c2)cc1F. The summed E-state index contributed by atoms with van der Waals surface area (Å²) in [5, 5.41) is 10.2. The number of nitrogens with zero attached hydrogens (tertiary/aromatic N) is 3. The summed E-state index contributed by atoms with van der Waals surface area (Å²) in [6.07, 6.45) is 5.39. The summed E-state index contributed by atoms with van der Waals surface area (Å²) in [7, 11) is 0. The molecule has 3 atom stereocenters. The molecule has 2 N–H and O–H groups in total. The van der Waals surface area contributed by atoms with E-state index in [4.69, 9.17) is 5.73 Å². The number of aromatic nitrogens is 1. The number of amides is 1. The number of piperidine rings is 1. The maximum absolute atomic E-state index is 14.7. The van der Waals surface area contributed by atoms with Crippen LogP contribution in [0.15, 0.2) is 72.9 Å². The van der Waals surface area contributed by atoms with Gasteiger partial charge in [-0.15, -0.1) is 0 Å². The quantitative estimate of drug-likeness (QED) is 0.413. The number of nitriles is 1. The van der Waals surface area contributed by atoms with Crippen LogP contribution in [0.25, 0.3) is 33.2 Å². The lowest BCUT2D eigenvalue weighted by atomic mass is 9.91. The topological polar surface area (TPSA) is 83.0 Å².